The van der Waals surface area contributed by atoms with Crippen molar-refractivity contribution in [2.24, 2.45) is 0 Å². The lowest BCUT2D eigenvalue weighted by Crippen LogP contribution is -2.26. The van der Waals surface area contributed by atoms with Crippen molar-refractivity contribution in [3.05, 3.63) is 35.4 Å². The Morgan fingerprint density at radius 3 is 2.60 bits per heavy atom. The Balaban J connectivity index is 1.90. The van der Waals surface area contributed by atoms with E-state index >= 15 is 0 Å². The van der Waals surface area contributed by atoms with E-state index < -0.39 is 0 Å². The molecule has 1 saturated heterocycles. The molecule has 112 valence electrons. The van der Waals surface area contributed by atoms with E-state index in [1.165, 1.54) is 30.4 Å². The molecular formula is C17H27NOS. The van der Waals surface area contributed by atoms with E-state index in [0.29, 0.717) is 6.04 Å². The molecule has 1 aliphatic rings. The van der Waals surface area contributed by atoms with Gasteiger partial charge in [0.05, 0.1) is 0 Å². The number of nitrogens with one attached hydrogen (secondary N) is 1. The summed E-state index contributed by atoms with van der Waals surface area (Å²) in [6.45, 7) is 7.34. The smallest absolute Gasteiger partial charge is 0.0476 e. The highest BCUT2D eigenvalue weighted by molar-refractivity contribution is 7.99. The molecule has 1 atom stereocenters. The summed E-state index contributed by atoms with van der Waals surface area (Å²) >= 11 is 2.11. The maximum Gasteiger partial charge on any atom is 0.0476 e. The molecule has 1 fully saturated rings. The van der Waals surface area contributed by atoms with Crippen molar-refractivity contribution in [3.8, 4) is 0 Å². The number of thioether (sulfide) groups is 1. The van der Waals surface area contributed by atoms with Gasteiger partial charge in [-0.05, 0) is 38.3 Å². The molecule has 1 heterocycles. The number of benzene rings is 1. The lowest BCUT2D eigenvalue weighted by Gasteiger charge is -2.25. The molecule has 1 unspecified atom stereocenters. The Bertz CT molecular complexity index is 373. The molecule has 1 aromatic carbocycles. The van der Waals surface area contributed by atoms with Gasteiger partial charge >= 0.3 is 0 Å². The number of hydrogen-bond donors (Lipinski definition) is 1. The Labute approximate surface area is 127 Å². The largest absolute Gasteiger partial charge is 0.381 e. The predicted octanol–water partition coefficient (Wildman–Crippen LogP) is 3.95. The van der Waals surface area contributed by atoms with Crippen LogP contribution in [0.5, 0.6) is 0 Å². The van der Waals surface area contributed by atoms with Crippen molar-refractivity contribution in [2.75, 3.05) is 25.5 Å². The monoisotopic (exact) mass is 293 g/mol. The second-order valence-corrected chi connectivity index (χ2v) is 6.90. The summed E-state index contributed by atoms with van der Waals surface area (Å²) in [5.74, 6) is 1.16. The second-order valence-electron chi connectivity index (χ2n) is 5.56. The zero-order valence-electron chi connectivity index (χ0n) is 12.7. The highest BCUT2D eigenvalue weighted by atomic mass is 32.2. The van der Waals surface area contributed by atoms with Gasteiger partial charge in [0.1, 0.15) is 0 Å². The number of ether oxygens (including phenoxy) is 1. The van der Waals surface area contributed by atoms with Crippen LogP contribution in [0.3, 0.4) is 0 Å². The van der Waals surface area contributed by atoms with Crippen molar-refractivity contribution in [3.63, 3.8) is 0 Å². The van der Waals surface area contributed by atoms with Gasteiger partial charge < -0.3 is 10.1 Å². The first-order valence-corrected chi connectivity index (χ1v) is 8.83. The molecule has 1 aromatic rings. The van der Waals surface area contributed by atoms with Gasteiger partial charge in [-0.25, -0.2) is 0 Å². The van der Waals surface area contributed by atoms with Crippen LogP contribution in [0.4, 0.5) is 0 Å². The van der Waals surface area contributed by atoms with E-state index in [1.807, 2.05) is 0 Å². The van der Waals surface area contributed by atoms with Crippen LogP contribution in [0.25, 0.3) is 0 Å². The molecule has 0 saturated carbocycles. The molecule has 3 heteroatoms. The SMILES string of the molecule is CCCNC(CSC1CCOCC1)c1ccc(C)cc1. The fourth-order valence-electron chi connectivity index (χ4n) is 2.47. The maximum atomic E-state index is 5.44. The third kappa shape index (κ3) is 5.12. The lowest BCUT2D eigenvalue weighted by molar-refractivity contribution is 0.1000. The Hall–Kier alpha value is -0.510. The van der Waals surface area contributed by atoms with Gasteiger partial charge in [-0.1, -0.05) is 36.8 Å². The summed E-state index contributed by atoms with van der Waals surface area (Å²) in [6.07, 6.45) is 3.60. The zero-order chi connectivity index (χ0) is 14.2. The van der Waals surface area contributed by atoms with Crippen LogP contribution in [0.15, 0.2) is 24.3 Å². The molecule has 0 radical (unpaired) electrons. The van der Waals surface area contributed by atoms with E-state index in [-0.39, 0.29) is 0 Å². The van der Waals surface area contributed by atoms with Crippen molar-refractivity contribution < 1.29 is 4.74 Å². The Morgan fingerprint density at radius 1 is 1.25 bits per heavy atom. The molecule has 0 bridgehead atoms. The number of rotatable bonds is 7. The normalized spacial score (nSPS) is 18.1. The molecule has 20 heavy (non-hydrogen) atoms. The van der Waals surface area contributed by atoms with Gasteiger partial charge in [-0.15, -0.1) is 0 Å². The third-order valence-electron chi connectivity index (χ3n) is 3.79. The van der Waals surface area contributed by atoms with E-state index in [4.69, 9.17) is 4.74 Å². The van der Waals surface area contributed by atoms with Gasteiger partial charge in [0.15, 0.2) is 0 Å². The van der Waals surface area contributed by atoms with Crippen molar-refractivity contribution >= 4 is 11.8 Å². The first kappa shape index (κ1) is 15.9. The van der Waals surface area contributed by atoms with Crippen LogP contribution in [0, 0.1) is 6.92 Å². The summed E-state index contributed by atoms with van der Waals surface area (Å²) in [4.78, 5) is 0. The minimum Gasteiger partial charge on any atom is -0.381 e. The van der Waals surface area contributed by atoms with Crippen LogP contribution in [0.2, 0.25) is 0 Å². The molecule has 2 nitrogen and oxygen atoms in total. The summed E-state index contributed by atoms with van der Waals surface area (Å²) in [5.41, 5.74) is 2.75. The number of aryl methyl sites for hydroxylation is 1. The fourth-order valence-corrected chi connectivity index (χ4v) is 3.77. The van der Waals surface area contributed by atoms with E-state index in [9.17, 15) is 0 Å². The van der Waals surface area contributed by atoms with Crippen LogP contribution >= 0.6 is 11.8 Å². The molecule has 1 N–H and O–H groups in total. The Morgan fingerprint density at radius 2 is 1.95 bits per heavy atom. The fraction of sp³-hybridized carbons (Fsp3) is 0.647. The molecule has 0 spiro atoms. The molecular weight excluding hydrogens is 266 g/mol. The molecule has 0 amide bonds. The molecule has 2 rings (SSSR count). The predicted molar refractivity (Wildman–Crippen MR) is 88.5 cm³/mol. The first-order valence-electron chi connectivity index (χ1n) is 7.79. The van der Waals surface area contributed by atoms with Gasteiger partial charge in [0, 0.05) is 30.3 Å². The standard InChI is InChI=1S/C17H27NOS/c1-3-10-18-17(15-6-4-14(2)5-7-15)13-20-16-8-11-19-12-9-16/h4-7,16-18H,3,8-13H2,1-2H3. The lowest BCUT2D eigenvalue weighted by atomic mass is 10.1. The third-order valence-corrected chi connectivity index (χ3v) is 5.26. The van der Waals surface area contributed by atoms with Crippen LogP contribution in [0.1, 0.15) is 43.4 Å². The van der Waals surface area contributed by atoms with Gasteiger partial charge in [-0.2, -0.15) is 11.8 Å². The second kappa shape index (κ2) is 8.71. The van der Waals surface area contributed by atoms with Gasteiger partial charge in [0.25, 0.3) is 0 Å². The summed E-state index contributed by atoms with van der Waals surface area (Å²) in [6, 6.07) is 9.45. The van der Waals surface area contributed by atoms with Crippen molar-refractivity contribution in [1.82, 2.24) is 5.32 Å². The van der Waals surface area contributed by atoms with Gasteiger partial charge in [-0.3, -0.25) is 0 Å². The van der Waals surface area contributed by atoms with Crippen molar-refractivity contribution in [2.45, 2.75) is 44.4 Å². The van der Waals surface area contributed by atoms with Crippen LogP contribution in [-0.4, -0.2) is 30.8 Å². The average molecular weight is 293 g/mol. The van der Waals surface area contributed by atoms with Crippen molar-refractivity contribution in [1.29, 1.82) is 0 Å². The van der Waals surface area contributed by atoms with E-state index in [2.05, 4.69) is 55.2 Å². The van der Waals surface area contributed by atoms with Crippen LogP contribution < -0.4 is 5.32 Å². The average Bonchev–Trinajstić information content (AvgIpc) is 2.50. The van der Waals surface area contributed by atoms with Gasteiger partial charge in [0.2, 0.25) is 0 Å². The number of hydrogen-bond acceptors (Lipinski definition) is 3. The highest BCUT2D eigenvalue weighted by Crippen LogP contribution is 2.27. The summed E-state index contributed by atoms with van der Waals surface area (Å²) in [7, 11) is 0. The summed E-state index contributed by atoms with van der Waals surface area (Å²) < 4.78 is 5.44. The minimum absolute atomic E-state index is 0.475. The topological polar surface area (TPSA) is 21.3 Å². The summed E-state index contributed by atoms with van der Waals surface area (Å²) in [5, 5.41) is 4.47. The molecule has 0 aliphatic carbocycles. The van der Waals surface area contributed by atoms with Crippen LogP contribution in [-0.2, 0) is 4.74 Å². The minimum atomic E-state index is 0.475. The molecule has 1 aliphatic heterocycles. The highest BCUT2D eigenvalue weighted by Gasteiger charge is 2.17. The molecule has 0 aromatic heterocycles. The van der Waals surface area contributed by atoms with E-state index in [0.717, 1.165) is 30.8 Å². The zero-order valence-corrected chi connectivity index (χ0v) is 13.5. The first-order chi connectivity index (χ1) is 9.79. The maximum absolute atomic E-state index is 5.44. The Kier molecular flexibility index (Phi) is 6.91. The quantitative estimate of drug-likeness (QED) is 0.822. The van der Waals surface area contributed by atoms with E-state index in [1.54, 1.807) is 0 Å².